The molecule has 1 saturated carbocycles. The van der Waals surface area contributed by atoms with Gasteiger partial charge in [-0.2, -0.15) is 0 Å². The lowest BCUT2D eigenvalue weighted by molar-refractivity contribution is -0.124. The fourth-order valence-corrected chi connectivity index (χ4v) is 4.66. The molecule has 0 radical (unpaired) electrons. The molecule has 1 amide bonds. The van der Waals surface area contributed by atoms with Gasteiger partial charge in [0.15, 0.2) is 0 Å². The standard InChI is InChI=1S/C25H27N3O2/c29-23-11-9-19-8-10-20(16-21(19)26-23)25(12-13-25)24(30)27-22(17-28-14-4-5-15-28)18-6-2-1-3-7-18/h1-3,6-11,16,22H,4-5,12-15,17H2,(H,26,29)(H,27,30). The van der Waals surface area contributed by atoms with E-state index in [1.54, 1.807) is 0 Å². The fourth-order valence-electron chi connectivity index (χ4n) is 4.66. The number of aromatic amines is 1. The molecule has 2 fully saturated rings. The number of carbonyl (C=O) groups is 1. The van der Waals surface area contributed by atoms with Gasteiger partial charge in [-0.05, 0) is 67.4 Å². The average Bonchev–Trinajstić information content (AvgIpc) is 3.43. The molecule has 3 aromatic rings. The Bertz CT molecular complexity index is 1110. The molecule has 30 heavy (non-hydrogen) atoms. The number of nitrogens with zero attached hydrogens (tertiary/aromatic N) is 1. The molecule has 5 heteroatoms. The van der Waals surface area contributed by atoms with Gasteiger partial charge in [-0.15, -0.1) is 0 Å². The number of nitrogens with one attached hydrogen (secondary N) is 2. The molecule has 1 saturated heterocycles. The molecule has 0 bridgehead atoms. The lowest BCUT2D eigenvalue weighted by Crippen LogP contribution is -2.41. The molecular formula is C25H27N3O2. The number of hydrogen-bond acceptors (Lipinski definition) is 3. The Hall–Kier alpha value is -2.92. The average molecular weight is 402 g/mol. The van der Waals surface area contributed by atoms with Crippen molar-refractivity contribution in [2.75, 3.05) is 19.6 Å². The summed E-state index contributed by atoms with van der Waals surface area (Å²) in [6.45, 7) is 3.04. The first-order valence-electron chi connectivity index (χ1n) is 10.9. The first kappa shape index (κ1) is 19.1. The van der Waals surface area contributed by atoms with Crippen molar-refractivity contribution in [3.63, 3.8) is 0 Å². The number of carbonyl (C=O) groups excluding carboxylic acids is 1. The van der Waals surface area contributed by atoms with Gasteiger partial charge in [0.25, 0.3) is 0 Å². The van der Waals surface area contributed by atoms with E-state index in [1.807, 2.05) is 42.5 Å². The van der Waals surface area contributed by atoms with Crippen LogP contribution in [0.2, 0.25) is 0 Å². The highest BCUT2D eigenvalue weighted by Gasteiger charge is 2.51. The summed E-state index contributed by atoms with van der Waals surface area (Å²) in [5.74, 6) is 0.0909. The van der Waals surface area contributed by atoms with E-state index >= 15 is 0 Å². The SMILES string of the molecule is O=C(NC(CN1CCCC1)c1ccccc1)C1(c2ccc3ccc(=O)[nH]c3c2)CC1. The lowest BCUT2D eigenvalue weighted by Gasteiger charge is -2.27. The molecule has 0 spiro atoms. The van der Waals surface area contributed by atoms with Gasteiger partial charge >= 0.3 is 0 Å². The second-order valence-corrected chi connectivity index (χ2v) is 8.65. The van der Waals surface area contributed by atoms with Crippen LogP contribution >= 0.6 is 0 Å². The van der Waals surface area contributed by atoms with E-state index in [0.29, 0.717) is 0 Å². The largest absolute Gasteiger partial charge is 0.347 e. The van der Waals surface area contributed by atoms with Gasteiger partial charge in [0.2, 0.25) is 11.5 Å². The topological polar surface area (TPSA) is 65.2 Å². The Labute approximate surface area is 176 Å². The molecule has 1 unspecified atom stereocenters. The van der Waals surface area contributed by atoms with Crippen LogP contribution in [0.1, 0.15) is 42.9 Å². The molecule has 2 heterocycles. The number of likely N-dealkylation sites (tertiary alicyclic amines) is 1. The van der Waals surface area contributed by atoms with E-state index in [9.17, 15) is 9.59 Å². The Morgan fingerprint density at radius 1 is 1.03 bits per heavy atom. The lowest BCUT2D eigenvalue weighted by atomic mass is 9.93. The van der Waals surface area contributed by atoms with Crippen LogP contribution in [0.15, 0.2) is 65.5 Å². The van der Waals surface area contributed by atoms with Crippen molar-refractivity contribution in [2.24, 2.45) is 0 Å². The van der Waals surface area contributed by atoms with E-state index in [4.69, 9.17) is 0 Å². The molecule has 2 aromatic carbocycles. The number of pyridine rings is 1. The van der Waals surface area contributed by atoms with Crippen LogP contribution < -0.4 is 10.9 Å². The van der Waals surface area contributed by atoms with E-state index in [1.165, 1.54) is 18.9 Å². The van der Waals surface area contributed by atoms with Gasteiger partial charge in [0.1, 0.15) is 0 Å². The molecule has 1 aromatic heterocycles. The Balaban J connectivity index is 1.41. The molecule has 1 aliphatic heterocycles. The highest BCUT2D eigenvalue weighted by atomic mass is 16.2. The predicted octanol–water partition coefficient (Wildman–Crippen LogP) is 3.51. The second kappa shape index (κ2) is 7.73. The Morgan fingerprint density at radius 3 is 2.50 bits per heavy atom. The van der Waals surface area contributed by atoms with Crippen molar-refractivity contribution in [2.45, 2.75) is 37.1 Å². The summed E-state index contributed by atoms with van der Waals surface area (Å²) in [7, 11) is 0. The van der Waals surface area contributed by atoms with Crippen molar-refractivity contribution < 1.29 is 4.79 Å². The molecule has 5 rings (SSSR count). The van der Waals surface area contributed by atoms with Gasteiger partial charge in [-0.3, -0.25) is 9.59 Å². The van der Waals surface area contributed by atoms with Crippen molar-refractivity contribution in [1.82, 2.24) is 15.2 Å². The minimum Gasteiger partial charge on any atom is -0.347 e. The van der Waals surface area contributed by atoms with E-state index in [2.05, 4.69) is 27.3 Å². The highest BCUT2D eigenvalue weighted by Crippen LogP contribution is 2.49. The van der Waals surface area contributed by atoms with Crippen LogP contribution in [0, 0.1) is 0 Å². The zero-order valence-electron chi connectivity index (χ0n) is 17.1. The van der Waals surface area contributed by atoms with Crippen LogP contribution in [-0.2, 0) is 10.2 Å². The molecule has 2 N–H and O–H groups in total. The first-order chi connectivity index (χ1) is 14.6. The quantitative estimate of drug-likeness (QED) is 0.664. The third-order valence-electron chi connectivity index (χ3n) is 6.61. The van der Waals surface area contributed by atoms with Gasteiger partial charge in [-0.25, -0.2) is 0 Å². The van der Waals surface area contributed by atoms with Gasteiger partial charge in [-0.1, -0.05) is 42.5 Å². The number of hydrogen-bond donors (Lipinski definition) is 2. The molecule has 1 atom stereocenters. The molecule has 154 valence electrons. The normalized spacial score (nSPS) is 18.9. The van der Waals surface area contributed by atoms with Crippen LogP contribution in [0.3, 0.4) is 0 Å². The summed E-state index contributed by atoms with van der Waals surface area (Å²) < 4.78 is 0. The highest BCUT2D eigenvalue weighted by molar-refractivity contribution is 5.93. The van der Waals surface area contributed by atoms with Crippen molar-refractivity contribution in [1.29, 1.82) is 0 Å². The maximum absolute atomic E-state index is 13.5. The zero-order valence-corrected chi connectivity index (χ0v) is 17.1. The van der Waals surface area contributed by atoms with Gasteiger partial charge in [0, 0.05) is 18.1 Å². The number of aromatic nitrogens is 1. The smallest absolute Gasteiger partial charge is 0.248 e. The van der Waals surface area contributed by atoms with Crippen molar-refractivity contribution >= 4 is 16.8 Å². The molecule has 1 aliphatic carbocycles. The Kier molecular flexibility index (Phi) is 4.91. The summed E-state index contributed by atoms with van der Waals surface area (Å²) >= 11 is 0. The number of H-pyrrole nitrogens is 1. The zero-order chi connectivity index (χ0) is 20.6. The van der Waals surface area contributed by atoms with Crippen molar-refractivity contribution in [3.8, 4) is 0 Å². The number of benzene rings is 2. The van der Waals surface area contributed by atoms with Gasteiger partial charge in [0.05, 0.1) is 11.5 Å². The van der Waals surface area contributed by atoms with E-state index < -0.39 is 5.41 Å². The summed E-state index contributed by atoms with van der Waals surface area (Å²) in [5.41, 5.74) is 2.32. The third kappa shape index (κ3) is 3.65. The van der Waals surface area contributed by atoms with Crippen LogP contribution in [0.5, 0.6) is 0 Å². The minimum atomic E-state index is -0.487. The first-order valence-corrected chi connectivity index (χ1v) is 10.9. The second-order valence-electron chi connectivity index (χ2n) is 8.65. The number of rotatable bonds is 6. The molecule has 2 aliphatic rings. The monoisotopic (exact) mass is 401 g/mol. The molecule has 5 nitrogen and oxygen atoms in total. The van der Waals surface area contributed by atoms with Gasteiger partial charge < -0.3 is 15.2 Å². The maximum atomic E-state index is 13.5. The predicted molar refractivity (Wildman–Crippen MR) is 118 cm³/mol. The third-order valence-corrected chi connectivity index (χ3v) is 6.61. The van der Waals surface area contributed by atoms with E-state index in [0.717, 1.165) is 54.5 Å². The minimum absolute atomic E-state index is 0.0189. The number of fused-ring (bicyclic) bond motifs is 1. The van der Waals surface area contributed by atoms with Crippen LogP contribution in [0.25, 0.3) is 10.9 Å². The summed E-state index contributed by atoms with van der Waals surface area (Å²) in [5, 5.41) is 4.35. The maximum Gasteiger partial charge on any atom is 0.248 e. The van der Waals surface area contributed by atoms with Crippen molar-refractivity contribution in [3.05, 3.63) is 82.1 Å². The van der Waals surface area contributed by atoms with Crippen LogP contribution in [0.4, 0.5) is 0 Å². The number of amides is 1. The van der Waals surface area contributed by atoms with Crippen LogP contribution in [-0.4, -0.2) is 35.4 Å². The summed E-state index contributed by atoms with van der Waals surface area (Å²) in [4.78, 5) is 30.5. The fraction of sp³-hybridized carbons (Fsp3) is 0.360. The molecular weight excluding hydrogens is 374 g/mol. The summed E-state index contributed by atoms with van der Waals surface area (Å²) in [6, 6.07) is 19.6. The summed E-state index contributed by atoms with van der Waals surface area (Å²) in [6.07, 6.45) is 4.14. The Morgan fingerprint density at radius 2 is 1.77 bits per heavy atom. The van der Waals surface area contributed by atoms with E-state index in [-0.39, 0.29) is 17.5 Å².